The number of para-hydroxylation sites is 1. The summed E-state index contributed by atoms with van der Waals surface area (Å²) in [6.07, 6.45) is 4.89. The highest BCUT2D eigenvalue weighted by Crippen LogP contribution is 2.05. The van der Waals surface area contributed by atoms with Gasteiger partial charge in [-0.2, -0.15) is 5.10 Å². The van der Waals surface area contributed by atoms with Crippen LogP contribution in [0.2, 0.25) is 0 Å². The van der Waals surface area contributed by atoms with Crippen LogP contribution in [0.25, 0.3) is 10.9 Å². The van der Waals surface area contributed by atoms with Crippen molar-refractivity contribution < 1.29 is 0 Å². The number of hydrogen-bond donors (Lipinski definition) is 1. The molecule has 2 N–H and O–H groups in total. The SMILES string of the molecule is Nc1cnn(CCn2cnc3ccccc3c2=O)c1. The molecular formula is C13H13N5O. The molecule has 0 saturated carbocycles. The third-order valence-corrected chi connectivity index (χ3v) is 2.95. The van der Waals surface area contributed by atoms with Crippen LogP contribution < -0.4 is 11.3 Å². The third-order valence-electron chi connectivity index (χ3n) is 2.95. The van der Waals surface area contributed by atoms with Crippen LogP contribution in [-0.2, 0) is 13.1 Å². The Hall–Kier alpha value is -2.63. The van der Waals surface area contributed by atoms with Crippen molar-refractivity contribution in [1.82, 2.24) is 19.3 Å². The first-order chi connectivity index (χ1) is 9.24. The van der Waals surface area contributed by atoms with Crippen molar-refractivity contribution in [2.75, 3.05) is 5.73 Å². The highest BCUT2D eigenvalue weighted by molar-refractivity contribution is 5.76. The van der Waals surface area contributed by atoms with E-state index in [1.807, 2.05) is 18.2 Å². The Morgan fingerprint density at radius 1 is 1.21 bits per heavy atom. The van der Waals surface area contributed by atoms with Crippen molar-refractivity contribution in [3.05, 3.63) is 53.3 Å². The molecule has 0 radical (unpaired) electrons. The van der Waals surface area contributed by atoms with E-state index in [0.717, 1.165) is 0 Å². The molecule has 0 saturated heterocycles. The van der Waals surface area contributed by atoms with Gasteiger partial charge in [0.2, 0.25) is 0 Å². The fourth-order valence-corrected chi connectivity index (χ4v) is 1.98. The first-order valence-corrected chi connectivity index (χ1v) is 5.96. The van der Waals surface area contributed by atoms with Gasteiger partial charge in [-0.3, -0.25) is 14.0 Å². The lowest BCUT2D eigenvalue weighted by molar-refractivity contribution is 0.521. The Bertz CT molecular complexity index is 774. The Kier molecular flexibility index (Phi) is 2.75. The molecular weight excluding hydrogens is 242 g/mol. The third kappa shape index (κ3) is 2.20. The summed E-state index contributed by atoms with van der Waals surface area (Å²) in [6.45, 7) is 1.09. The Labute approximate surface area is 109 Å². The molecule has 19 heavy (non-hydrogen) atoms. The Balaban J connectivity index is 1.89. The molecule has 0 bridgehead atoms. The molecule has 0 spiro atoms. The molecule has 0 aliphatic carbocycles. The zero-order valence-corrected chi connectivity index (χ0v) is 10.2. The van der Waals surface area contributed by atoms with Crippen molar-refractivity contribution in [3.63, 3.8) is 0 Å². The molecule has 0 aliphatic heterocycles. The minimum atomic E-state index is -0.0364. The second kappa shape index (κ2) is 4.56. The smallest absolute Gasteiger partial charge is 0.261 e. The van der Waals surface area contributed by atoms with E-state index < -0.39 is 0 Å². The van der Waals surface area contributed by atoms with Gasteiger partial charge >= 0.3 is 0 Å². The number of nitrogens with zero attached hydrogens (tertiary/aromatic N) is 4. The lowest BCUT2D eigenvalue weighted by Crippen LogP contribution is -2.23. The van der Waals surface area contributed by atoms with Gasteiger partial charge in [0.25, 0.3) is 5.56 Å². The van der Waals surface area contributed by atoms with Crippen LogP contribution in [0.1, 0.15) is 0 Å². The van der Waals surface area contributed by atoms with Crippen LogP contribution in [0.3, 0.4) is 0 Å². The van der Waals surface area contributed by atoms with Crippen LogP contribution >= 0.6 is 0 Å². The number of fused-ring (bicyclic) bond motifs is 1. The van der Waals surface area contributed by atoms with Gasteiger partial charge in [-0.15, -0.1) is 0 Å². The summed E-state index contributed by atoms with van der Waals surface area (Å²) in [5.41, 5.74) is 6.88. The lowest BCUT2D eigenvalue weighted by Gasteiger charge is -2.06. The van der Waals surface area contributed by atoms with Crippen molar-refractivity contribution in [2.45, 2.75) is 13.1 Å². The van der Waals surface area contributed by atoms with Gasteiger partial charge < -0.3 is 5.73 Å². The number of nitrogen functional groups attached to an aromatic ring is 1. The average Bonchev–Trinajstić information content (AvgIpc) is 2.84. The zero-order chi connectivity index (χ0) is 13.2. The minimum Gasteiger partial charge on any atom is -0.396 e. The van der Waals surface area contributed by atoms with Crippen molar-refractivity contribution in [1.29, 1.82) is 0 Å². The summed E-state index contributed by atoms with van der Waals surface area (Å²) in [5.74, 6) is 0. The standard InChI is InChI=1S/C13H13N5O/c14-10-7-16-18(8-10)6-5-17-9-15-12-4-2-1-3-11(12)13(17)19/h1-4,7-9H,5-6,14H2. The highest BCUT2D eigenvalue weighted by Gasteiger charge is 2.03. The molecule has 2 aromatic heterocycles. The van der Waals surface area contributed by atoms with Crippen LogP contribution in [0.5, 0.6) is 0 Å². The topological polar surface area (TPSA) is 78.7 Å². The van der Waals surface area contributed by atoms with Gasteiger partial charge in [0, 0.05) is 12.7 Å². The van der Waals surface area contributed by atoms with E-state index in [9.17, 15) is 4.79 Å². The summed E-state index contributed by atoms with van der Waals surface area (Å²) in [7, 11) is 0. The molecule has 6 heteroatoms. The maximum Gasteiger partial charge on any atom is 0.261 e. The van der Waals surface area contributed by atoms with E-state index in [0.29, 0.717) is 29.7 Å². The first kappa shape index (κ1) is 11.5. The van der Waals surface area contributed by atoms with E-state index in [1.54, 1.807) is 34.0 Å². The zero-order valence-electron chi connectivity index (χ0n) is 10.2. The largest absolute Gasteiger partial charge is 0.396 e. The molecule has 1 aromatic carbocycles. The number of aromatic nitrogens is 4. The number of anilines is 1. The maximum atomic E-state index is 12.2. The molecule has 0 amide bonds. The monoisotopic (exact) mass is 255 g/mol. The van der Waals surface area contributed by atoms with Crippen LogP contribution in [-0.4, -0.2) is 19.3 Å². The van der Waals surface area contributed by atoms with E-state index in [4.69, 9.17) is 5.73 Å². The molecule has 3 rings (SSSR count). The lowest BCUT2D eigenvalue weighted by atomic mass is 10.2. The summed E-state index contributed by atoms with van der Waals surface area (Å²) >= 11 is 0. The van der Waals surface area contributed by atoms with Crippen LogP contribution in [0.4, 0.5) is 5.69 Å². The van der Waals surface area contributed by atoms with Gasteiger partial charge in [0.05, 0.1) is 35.7 Å². The molecule has 0 unspecified atom stereocenters. The fraction of sp³-hybridized carbons (Fsp3) is 0.154. The maximum absolute atomic E-state index is 12.2. The number of benzene rings is 1. The van der Waals surface area contributed by atoms with Gasteiger partial charge in [-0.1, -0.05) is 12.1 Å². The van der Waals surface area contributed by atoms with Crippen LogP contribution in [0, 0.1) is 0 Å². The van der Waals surface area contributed by atoms with Gasteiger partial charge in [0.15, 0.2) is 0 Å². The Morgan fingerprint density at radius 3 is 2.84 bits per heavy atom. The van der Waals surface area contributed by atoms with Gasteiger partial charge in [0.1, 0.15) is 0 Å². The van der Waals surface area contributed by atoms with Gasteiger partial charge in [-0.25, -0.2) is 4.98 Å². The van der Waals surface area contributed by atoms with E-state index in [1.165, 1.54) is 0 Å². The number of rotatable bonds is 3. The molecule has 0 aliphatic rings. The van der Waals surface area contributed by atoms with Crippen molar-refractivity contribution in [2.24, 2.45) is 0 Å². The molecule has 0 atom stereocenters. The van der Waals surface area contributed by atoms with E-state index in [-0.39, 0.29) is 5.56 Å². The Morgan fingerprint density at radius 2 is 2.05 bits per heavy atom. The second-order valence-electron chi connectivity index (χ2n) is 4.30. The summed E-state index contributed by atoms with van der Waals surface area (Å²) < 4.78 is 3.29. The van der Waals surface area contributed by atoms with E-state index >= 15 is 0 Å². The normalized spacial score (nSPS) is 10.9. The fourth-order valence-electron chi connectivity index (χ4n) is 1.98. The van der Waals surface area contributed by atoms with Crippen molar-refractivity contribution >= 4 is 16.6 Å². The molecule has 3 aromatic rings. The molecule has 2 heterocycles. The first-order valence-electron chi connectivity index (χ1n) is 5.96. The quantitative estimate of drug-likeness (QED) is 0.753. The van der Waals surface area contributed by atoms with Gasteiger partial charge in [-0.05, 0) is 12.1 Å². The number of aryl methyl sites for hydroxylation is 2. The predicted molar refractivity (Wildman–Crippen MR) is 72.6 cm³/mol. The number of hydrogen-bond acceptors (Lipinski definition) is 4. The molecule has 96 valence electrons. The van der Waals surface area contributed by atoms with Crippen molar-refractivity contribution in [3.8, 4) is 0 Å². The molecule has 0 fully saturated rings. The van der Waals surface area contributed by atoms with Crippen LogP contribution in [0.15, 0.2) is 47.8 Å². The number of nitrogens with two attached hydrogens (primary N) is 1. The minimum absolute atomic E-state index is 0.0364. The summed E-state index contributed by atoms with van der Waals surface area (Å²) in [5, 5.41) is 4.71. The average molecular weight is 255 g/mol. The predicted octanol–water partition coefficient (Wildman–Crippen LogP) is 0.875. The summed E-state index contributed by atoms with van der Waals surface area (Å²) in [6, 6.07) is 7.32. The van der Waals surface area contributed by atoms with E-state index in [2.05, 4.69) is 10.1 Å². The summed E-state index contributed by atoms with van der Waals surface area (Å²) in [4.78, 5) is 16.5. The highest BCUT2D eigenvalue weighted by atomic mass is 16.1. The second-order valence-corrected chi connectivity index (χ2v) is 4.30. The molecule has 6 nitrogen and oxygen atoms in total.